The van der Waals surface area contributed by atoms with Gasteiger partial charge in [-0.25, -0.2) is 8.42 Å². The highest BCUT2D eigenvalue weighted by molar-refractivity contribution is 7.89. The van der Waals surface area contributed by atoms with E-state index in [2.05, 4.69) is 0 Å². The highest BCUT2D eigenvalue weighted by Gasteiger charge is 2.34. The molecule has 0 radical (unpaired) electrons. The Labute approximate surface area is 133 Å². The molecular weight excluding hydrogens is 302 g/mol. The standard InChI is InChI=1S/C16H25NO4S/c1-11(2)14-6-7-15(20-5)16(8-14)22(18,19)17-9-12(3)21-13(4)10-17/h6-8,11-13H,9-10H2,1-5H3/t12-,13+. The zero-order valence-electron chi connectivity index (χ0n) is 13.9. The summed E-state index contributed by atoms with van der Waals surface area (Å²) in [6.07, 6.45) is -0.226. The third kappa shape index (κ3) is 3.45. The minimum atomic E-state index is -3.60. The molecule has 0 N–H and O–H groups in total. The minimum Gasteiger partial charge on any atom is -0.495 e. The molecule has 124 valence electrons. The molecule has 1 aromatic carbocycles. The molecule has 0 aromatic heterocycles. The molecule has 1 aliphatic heterocycles. The summed E-state index contributed by atoms with van der Waals surface area (Å²) in [4.78, 5) is 0.238. The average molecular weight is 327 g/mol. The summed E-state index contributed by atoms with van der Waals surface area (Å²) in [6.45, 7) is 8.58. The Balaban J connectivity index is 2.45. The second kappa shape index (κ2) is 6.56. The van der Waals surface area contributed by atoms with E-state index in [0.29, 0.717) is 18.8 Å². The van der Waals surface area contributed by atoms with Crippen LogP contribution in [0.2, 0.25) is 0 Å². The molecule has 0 amide bonds. The first kappa shape index (κ1) is 17.2. The van der Waals surface area contributed by atoms with E-state index in [1.807, 2.05) is 33.8 Å². The monoisotopic (exact) mass is 327 g/mol. The lowest BCUT2D eigenvalue weighted by Crippen LogP contribution is -2.48. The van der Waals surface area contributed by atoms with E-state index in [0.717, 1.165) is 5.56 Å². The lowest BCUT2D eigenvalue weighted by atomic mass is 10.0. The molecule has 0 aliphatic carbocycles. The van der Waals surface area contributed by atoms with Crippen LogP contribution in [0, 0.1) is 0 Å². The molecule has 0 saturated carbocycles. The number of sulfonamides is 1. The van der Waals surface area contributed by atoms with Gasteiger partial charge in [0.25, 0.3) is 0 Å². The van der Waals surface area contributed by atoms with E-state index < -0.39 is 10.0 Å². The van der Waals surface area contributed by atoms with Crippen molar-refractivity contribution in [2.24, 2.45) is 0 Å². The Morgan fingerprint density at radius 1 is 1.23 bits per heavy atom. The molecule has 22 heavy (non-hydrogen) atoms. The summed E-state index contributed by atoms with van der Waals surface area (Å²) in [5, 5.41) is 0. The zero-order chi connectivity index (χ0) is 16.5. The van der Waals surface area contributed by atoms with Gasteiger partial charge in [0.2, 0.25) is 10.0 Å². The van der Waals surface area contributed by atoms with Gasteiger partial charge in [-0.3, -0.25) is 0 Å². The van der Waals surface area contributed by atoms with Crippen LogP contribution in [-0.2, 0) is 14.8 Å². The predicted octanol–water partition coefficient (Wildman–Crippen LogP) is 2.62. The van der Waals surface area contributed by atoms with E-state index >= 15 is 0 Å². The van der Waals surface area contributed by atoms with Gasteiger partial charge in [0, 0.05) is 13.1 Å². The lowest BCUT2D eigenvalue weighted by molar-refractivity contribution is -0.0441. The topological polar surface area (TPSA) is 55.8 Å². The van der Waals surface area contributed by atoms with Crippen LogP contribution in [0.15, 0.2) is 23.1 Å². The molecule has 1 fully saturated rings. The van der Waals surface area contributed by atoms with Crippen LogP contribution >= 0.6 is 0 Å². The number of methoxy groups -OCH3 is 1. The zero-order valence-corrected chi connectivity index (χ0v) is 14.7. The van der Waals surface area contributed by atoms with Crippen LogP contribution in [0.25, 0.3) is 0 Å². The van der Waals surface area contributed by atoms with Gasteiger partial charge >= 0.3 is 0 Å². The van der Waals surface area contributed by atoms with Crippen molar-refractivity contribution in [2.45, 2.75) is 50.7 Å². The van der Waals surface area contributed by atoms with Crippen molar-refractivity contribution in [2.75, 3.05) is 20.2 Å². The maximum absolute atomic E-state index is 13.0. The summed E-state index contributed by atoms with van der Waals surface area (Å²) in [7, 11) is -2.10. The largest absolute Gasteiger partial charge is 0.495 e. The molecule has 6 heteroatoms. The quantitative estimate of drug-likeness (QED) is 0.853. The number of morpholine rings is 1. The molecule has 1 saturated heterocycles. The van der Waals surface area contributed by atoms with Gasteiger partial charge in [0.05, 0.1) is 19.3 Å². The van der Waals surface area contributed by atoms with Gasteiger partial charge in [-0.1, -0.05) is 19.9 Å². The van der Waals surface area contributed by atoms with E-state index in [9.17, 15) is 8.42 Å². The fraction of sp³-hybridized carbons (Fsp3) is 0.625. The molecule has 2 rings (SSSR count). The number of benzene rings is 1. The molecule has 5 nitrogen and oxygen atoms in total. The van der Waals surface area contributed by atoms with Crippen LogP contribution in [0.3, 0.4) is 0 Å². The van der Waals surface area contributed by atoms with Crippen molar-refractivity contribution < 1.29 is 17.9 Å². The highest BCUT2D eigenvalue weighted by atomic mass is 32.2. The summed E-state index contributed by atoms with van der Waals surface area (Å²) >= 11 is 0. The first-order chi connectivity index (χ1) is 10.3. The molecule has 2 atom stereocenters. The summed E-state index contributed by atoms with van der Waals surface area (Å²) in [5.74, 6) is 0.638. The van der Waals surface area contributed by atoms with Crippen LogP contribution in [0.4, 0.5) is 0 Å². The number of nitrogens with zero attached hydrogens (tertiary/aromatic N) is 1. The maximum Gasteiger partial charge on any atom is 0.246 e. The molecule has 1 heterocycles. The molecular formula is C16H25NO4S. The Hall–Kier alpha value is -1.11. The van der Waals surface area contributed by atoms with Crippen LogP contribution in [0.1, 0.15) is 39.2 Å². The van der Waals surface area contributed by atoms with E-state index in [1.165, 1.54) is 11.4 Å². The van der Waals surface area contributed by atoms with Gasteiger partial charge in [0.1, 0.15) is 10.6 Å². The molecule has 1 aromatic rings. The lowest BCUT2D eigenvalue weighted by Gasteiger charge is -2.34. The summed E-state index contributed by atoms with van der Waals surface area (Å²) in [6, 6.07) is 5.37. The van der Waals surface area contributed by atoms with Gasteiger partial charge in [-0.15, -0.1) is 0 Å². The Morgan fingerprint density at radius 3 is 2.32 bits per heavy atom. The van der Waals surface area contributed by atoms with E-state index in [4.69, 9.17) is 9.47 Å². The summed E-state index contributed by atoms with van der Waals surface area (Å²) in [5.41, 5.74) is 0.980. The van der Waals surface area contributed by atoms with Crippen LogP contribution in [-0.4, -0.2) is 45.1 Å². The second-order valence-corrected chi connectivity index (χ2v) is 8.05. The molecule has 0 spiro atoms. The number of hydrogen-bond donors (Lipinski definition) is 0. The molecule has 0 bridgehead atoms. The normalized spacial score (nSPS) is 23.7. The van der Waals surface area contributed by atoms with Crippen molar-refractivity contribution in [3.05, 3.63) is 23.8 Å². The van der Waals surface area contributed by atoms with Gasteiger partial charge in [0.15, 0.2) is 0 Å². The maximum atomic E-state index is 13.0. The Kier molecular flexibility index (Phi) is 5.14. The molecule has 1 aliphatic rings. The third-order valence-electron chi connectivity index (χ3n) is 3.86. The predicted molar refractivity (Wildman–Crippen MR) is 85.9 cm³/mol. The Bertz CT molecular complexity index is 617. The van der Waals surface area contributed by atoms with Crippen molar-refractivity contribution >= 4 is 10.0 Å². The minimum absolute atomic E-state index is 0.113. The number of hydrogen-bond acceptors (Lipinski definition) is 4. The van der Waals surface area contributed by atoms with Crippen LogP contribution in [0.5, 0.6) is 5.75 Å². The molecule has 0 unspecified atom stereocenters. The average Bonchev–Trinajstić information content (AvgIpc) is 2.45. The summed E-state index contributed by atoms with van der Waals surface area (Å²) < 4.78 is 38.4. The first-order valence-corrected chi connectivity index (χ1v) is 9.03. The highest BCUT2D eigenvalue weighted by Crippen LogP contribution is 2.31. The third-order valence-corrected chi connectivity index (χ3v) is 5.71. The smallest absolute Gasteiger partial charge is 0.246 e. The van der Waals surface area contributed by atoms with Crippen molar-refractivity contribution in [3.8, 4) is 5.75 Å². The number of ether oxygens (including phenoxy) is 2. The Morgan fingerprint density at radius 2 is 1.82 bits per heavy atom. The second-order valence-electron chi connectivity index (χ2n) is 6.14. The fourth-order valence-corrected chi connectivity index (χ4v) is 4.50. The van der Waals surface area contributed by atoms with Gasteiger partial charge in [-0.2, -0.15) is 4.31 Å². The van der Waals surface area contributed by atoms with Crippen LogP contribution < -0.4 is 4.74 Å². The SMILES string of the molecule is COc1ccc(C(C)C)cc1S(=O)(=O)N1C[C@@H](C)O[C@@H](C)C1. The van der Waals surface area contributed by atoms with Gasteiger partial charge in [-0.05, 0) is 37.5 Å². The fourth-order valence-electron chi connectivity index (χ4n) is 2.72. The number of rotatable bonds is 4. The van der Waals surface area contributed by atoms with Crippen molar-refractivity contribution in [1.82, 2.24) is 4.31 Å². The van der Waals surface area contributed by atoms with E-state index in [-0.39, 0.29) is 23.0 Å². The van der Waals surface area contributed by atoms with Gasteiger partial charge < -0.3 is 9.47 Å². The van der Waals surface area contributed by atoms with Crippen molar-refractivity contribution in [3.63, 3.8) is 0 Å². The van der Waals surface area contributed by atoms with Crippen molar-refractivity contribution in [1.29, 1.82) is 0 Å². The first-order valence-electron chi connectivity index (χ1n) is 7.59. The van der Waals surface area contributed by atoms with E-state index in [1.54, 1.807) is 12.1 Å².